The smallest absolute Gasteiger partial charge is 0.243 e. The molecule has 5 heteroatoms. The van der Waals surface area contributed by atoms with Gasteiger partial charge >= 0.3 is 0 Å². The molecule has 0 radical (unpaired) electrons. The van der Waals surface area contributed by atoms with Gasteiger partial charge in [0.05, 0.1) is 11.5 Å². The Labute approximate surface area is 127 Å². The highest BCUT2D eigenvalue weighted by Crippen LogP contribution is 2.27. The summed E-state index contributed by atoms with van der Waals surface area (Å²) in [6.07, 6.45) is 4.25. The van der Waals surface area contributed by atoms with Crippen LogP contribution in [0.3, 0.4) is 0 Å². The van der Waals surface area contributed by atoms with Crippen LogP contribution >= 0.6 is 0 Å². The van der Waals surface area contributed by atoms with Crippen LogP contribution in [0, 0.1) is 12.8 Å². The average Bonchev–Trinajstić information content (AvgIpc) is 2.48. The first kappa shape index (κ1) is 16.5. The van der Waals surface area contributed by atoms with Crippen molar-refractivity contribution in [1.82, 2.24) is 4.31 Å². The van der Waals surface area contributed by atoms with Crippen LogP contribution in [0.1, 0.15) is 43.7 Å². The van der Waals surface area contributed by atoms with Gasteiger partial charge in [-0.15, -0.1) is 0 Å². The summed E-state index contributed by atoms with van der Waals surface area (Å²) in [5.74, 6) is 0.660. The minimum Gasteiger partial charge on any atom is -0.392 e. The van der Waals surface area contributed by atoms with Crippen LogP contribution in [0.5, 0.6) is 0 Å². The van der Waals surface area contributed by atoms with E-state index in [0.29, 0.717) is 29.5 Å². The van der Waals surface area contributed by atoms with E-state index in [-0.39, 0.29) is 6.61 Å². The lowest BCUT2D eigenvalue weighted by Crippen LogP contribution is -2.38. The fourth-order valence-corrected chi connectivity index (χ4v) is 4.50. The number of hydrogen-bond donors (Lipinski definition) is 1. The molecule has 1 fully saturated rings. The molecule has 1 aromatic rings. The van der Waals surface area contributed by atoms with E-state index in [1.54, 1.807) is 22.5 Å². The Hall–Kier alpha value is -0.910. The van der Waals surface area contributed by atoms with Gasteiger partial charge in [0.1, 0.15) is 0 Å². The van der Waals surface area contributed by atoms with Crippen molar-refractivity contribution in [3.8, 4) is 0 Å². The van der Waals surface area contributed by atoms with Crippen molar-refractivity contribution in [1.29, 1.82) is 0 Å². The SMILES string of the molecule is CCCC1CCN(S(=O)(=O)c2ccc(C)c(CO)c2)CC1. The predicted molar refractivity (Wildman–Crippen MR) is 83.5 cm³/mol. The van der Waals surface area contributed by atoms with Crippen LogP contribution in [0.2, 0.25) is 0 Å². The van der Waals surface area contributed by atoms with Crippen molar-refractivity contribution in [2.45, 2.75) is 51.0 Å². The summed E-state index contributed by atoms with van der Waals surface area (Å²) in [7, 11) is -3.43. The average molecular weight is 311 g/mol. The van der Waals surface area contributed by atoms with Gasteiger partial charge in [0.15, 0.2) is 0 Å². The second-order valence-corrected chi connectivity index (χ2v) is 7.82. The Morgan fingerprint density at radius 2 is 1.95 bits per heavy atom. The molecule has 118 valence electrons. The first-order chi connectivity index (χ1) is 9.98. The maximum Gasteiger partial charge on any atom is 0.243 e. The lowest BCUT2D eigenvalue weighted by atomic mass is 9.94. The predicted octanol–water partition coefficient (Wildman–Crippen LogP) is 2.69. The molecule has 1 heterocycles. The number of benzene rings is 1. The molecule has 1 aliphatic rings. The molecule has 0 aliphatic carbocycles. The summed E-state index contributed by atoms with van der Waals surface area (Å²) in [5.41, 5.74) is 1.59. The van der Waals surface area contributed by atoms with E-state index >= 15 is 0 Å². The lowest BCUT2D eigenvalue weighted by molar-refractivity contribution is 0.262. The number of hydrogen-bond acceptors (Lipinski definition) is 3. The second-order valence-electron chi connectivity index (χ2n) is 5.88. The van der Waals surface area contributed by atoms with Gasteiger partial charge in [-0.2, -0.15) is 4.31 Å². The first-order valence-corrected chi connectivity index (χ1v) is 9.13. The Morgan fingerprint density at radius 1 is 1.29 bits per heavy atom. The maximum absolute atomic E-state index is 12.7. The minimum absolute atomic E-state index is 0.131. The third-order valence-corrected chi connectivity index (χ3v) is 6.29. The van der Waals surface area contributed by atoms with Gasteiger partial charge < -0.3 is 5.11 Å². The van der Waals surface area contributed by atoms with Gasteiger partial charge in [0.25, 0.3) is 0 Å². The molecule has 1 aliphatic heterocycles. The quantitative estimate of drug-likeness (QED) is 0.909. The first-order valence-electron chi connectivity index (χ1n) is 7.69. The van der Waals surface area contributed by atoms with E-state index in [0.717, 1.165) is 24.8 Å². The van der Waals surface area contributed by atoms with Crippen molar-refractivity contribution in [3.63, 3.8) is 0 Å². The number of piperidine rings is 1. The molecule has 21 heavy (non-hydrogen) atoms. The fraction of sp³-hybridized carbons (Fsp3) is 0.625. The number of aliphatic hydroxyl groups is 1. The van der Waals surface area contributed by atoms with Crippen LogP contribution in [0.25, 0.3) is 0 Å². The number of aryl methyl sites for hydroxylation is 1. The molecule has 0 aromatic heterocycles. The zero-order valence-corrected chi connectivity index (χ0v) is 13.7. The number of nitrogens with zero attached hydrogens (tertiary/aromatic N) is 1. The molecule has 0 atom stereocenters. The molecule has 2 rings (SSSR count). The highest BCUT2D eigenvalue weighted by molar-refractivity contribution is 7.89. The molecule has 0 unspecified atom stereocenters. The molecule has 4 nitrogen and oxygen atoms in total. The zero-order valence-electron chi connectivity index (χ0n) is 12.9. The molecule has 0 bridgehead atoms. The van der Waals surface area contributed by atoms with Crippen LogP contribution in [-0.2, 0) is 16.6 Å². The summed E-state index contributed by atoms with van der Waals surface area (Å²) < 4.78 is 26.9. The highest BCUT2D eigenvalue weighted by atomic mass is 32.2. The molecule has 0 spiro atoms. The standard InChI is InChI=1S/C16H25NO3S/c1-3-4-14-7-9-17(10-8-14)21(19,20)16-6-5-13(2)15(11-16)12-18/h5-6,11,14,18H,3-4,7-10,12H2,1-2H3. The van der Waals surface area contributed by atoms with Gasteiger partial charge in [-0.25, -0.2) is 8.42 Å². The highest BCUT2D eigenvalue weighted by Gasteiger charge is 2.29. The normalized spacial score (nSPS) is 18.0. The van der Waals surface area contributed by atoms with E-state index in [4.69, 9.17) is 0 Å². The van der Waals surface area contributed by atoms with Gasteiger partial charge in [-0.05, 0) is 48.9 Å². The lowest BCUT2D eigenvalue weighted by Gasteiger charge is -2.31. The third-order valence-electron chi connectivity index (χ3n) is 4.40. The third kappa shape index (κ3) is 3.65. The molecular weight excluding hydrogens is 286 g/mol. The molecule has 1 aromatic carbocycles. The van der Waals surface area contributed by atoms with Crippen LogP contribution < -0.4 is 0 Å². The van der Waals surface area contributed by atoms with Gasteiger partial charge in [-0.3, -0.25) is 0 Å². The fourth-order valence-electron chi connectivity index (χ4n) is 2.97. The second kappa shape index (κ2) is 6.90. The van der Waals surface area contributed by atoms with Crippen LogP contribution in [-0.4, -0.2) is 30.9 Å². The van der Waals surface area contributed by atoms with E-state index < -0.39 is 10.0 Å². The van der Waals surface area contributed by atoms with Gasteiger partial charge in [-0.1, -0.05) is 25.8 Å². The van der Waals surface area contributed by atoms with Crippen molar-refractivity contribution in [2.24, 2.45) is 5.92 Å². The topological polar surface area (TPSA) is 57.6 Å². The van der Waals surface area contributed by atoms with Gasteiger partial charge in [0, 0.05) is 13.1 Å². The summed E-state index contributed by atoms with van der Waals surface area (Å²) in [6.45, 7) is 5.13. The summed E-state index contributed by atoms with van der Waals surface area (Å²) in [4.78, 5) is 0.297. The summed E-state index contributed by atoms with van der Waals surface area (Å²) in [5, 5.41) is 9.30. The molecule has 0 amide bonds. The maximum atomic E-state index is 12.7. The molecular formula is C16H25NO3S. The van der Waals surface area contributed by atoms with Crippen LogP contribution in [0.15, 0.2) is 23.1 Å². The summed E-state index contributed by atoms with van der Waals surface area (Å²) in [6, 6.07) is 5.01. The van der Waals surface area contributed by atoms with E-state index in [1.165, 1.54) is 6.42 Å². The largest absolute Gasteiger partial charge is 0.392 e. The van der Waals surface area contributed by atoms with Crippen molar-refractivity contribution >= 4 is 10.0 Å². The van der Waals surface area contributed by atoms with E-state index in [1.807, 2.05) is 6.92 Å². The van der Waals surface area contributed by atoms with E-state index in [9.17, 15) is 13.5 Å². The summed E-state index contributed by atoms with van der Waals surface area (Å²) >= 11 is 0. The Kier molecular flexibility index (Phi) is 5.41. The van der Waals surface area contributed by atoms with Gasteiger partial charge in [0.2, 0.25) is 10.0 Å². The Morgan fingerprint density at radius 3 is 2.52 bits per heavy atom. The van der Waals surface area contributed by atoms with E-state index in [2.05, 4.69) is 6.92 Å². The zero-order chi connectivity index (χ0) is 15.5. The minimum atomic E-state index is -3.43. The Balaban J connectivity index is 2.15. The molecule has 0 saturated carbocycles. The number of aliphatic hydroxyl groups excluding tert-OH is 1. The Bertz CT molecular complexity index is 575. The number of sulfonamides is 1. The molecule has 1 N–H and O–H groups in total. The van der Waals surface area contributed by atoms with Crippen molar-refractivity contribution in [2.75, 3.05) is 13.1 Å². The number of rotatable bonds is 5. The monoisotopic (exact) mass is 311 g/mol. The van der Waals surface area contributed by atoms with Crippen molar-refractivity contribution in [3.05, 3.63) is 29.3 Å². The van der Waals surface area contributed by atoms with Crippen molar-refractivity contribution < 1.29 is 13.5 Å². The molecule has 1 saturated heterocycles. The van der Waals surface area contributed by atoms with Crippen LogP contribution in [0.4, 0.5) is 0 Å².